The first-order valence-electron chi connectivity index (χ1n) is 10.6. The lowest BCUT2D eigenvalue weighted by Gasteiger charge is -2.22. The van der Waals surface area contributed by atoms with Gasteiger partial charge in [0.1, 0.15) is 16.6 Å². The minimum atomic E-state index is -4.72. The van der Waals surface area contributed by atoms with Crippen molar-refractivity contribution in [3.8, 4) is 17.0 Å². The number of thiazole rings is 1. The maximum absolute atomic E-state index is 13.4. The highest BCUT2D eigenvalue weighted by Gasteiger charge is 2.35. The smallest absolute Gasteiger partial charge is 0.419 e. The third kappa shape index (κ3) is 5.31. The van der Waals surface area contributed by atoms with Gasteiger partial charge in [-0.2, -0.15) is 13.2 Å². The molecule has 7 nitrogen and oxygen atoms in total. The third-order valence-electron chi connectivity index (χ3n) is 5.66. The number of amides is 1. The van der Waals surface area contributed by atoms with E-state index >= 15 is 0 Å². The van der Waals surface area contributed by atoms with Gasteiger partial charge in [0.2, 0.25) is 0 Å². The summed E-state index contributed by atoms with van der Waals surface area (Å²) in [6.07, 6.45) is 0.804. The highest BCUT2D eigenvalue weighted by molar-refractivity contribution is 7.16. The van der Waals surface area contributed by atoms with Crippen LogP contribution in [0.4, 0.5) is 18.3 Å². The van der Waals surface area contributed by atoms with Crippen molar-refractivity contribution in [1.82, 2.24) is 19.9 Å². The normalized spacial score (nSPS) is 16.7. The minimum Gasteiger partial charge on any atom is -0.507 e. The van der Waals surface area contributed by atoms with Crippen LogP contribution in [0.1, 0.15) is 47.1 Å². The molecule has 4 rings (SSSR count). The Morgan fingerprint density at radius 3 is 2.79 bits per heavy atom. The summed E-state index contributed by atoms with van der Waals surface area (Å²) in [6, 6.07) is 3.66. The van der Waals surface area contributed by atoms with E-state index in [4.69, 9.17) is 11.6 Å². The van der Waals surface area contributed by atoms with Gasteiger partial charge in [-0.1, -0.05) is 29.9 Å². The van der Waals surface area contributed by atoms with Gasteiger partial charge in [-0.3, -0.25) is 15.0 Å². The van der Waals surface area contributed by atoms with Crippen molar-refractivity contribution in [3.63, 3.8) is 0 Å². The van der Waals surface area contributed by atoms with Crippen LogP contribution in [0.15, 0.2) is 30.6 Å². The van der Waals surface area contributed by atoms with Gasteiger partial charge in [0.25, 0.3) is 5.91 Å². The summed E-state index contributed by atoms with van der Waals surface area (Å²) < 4.78 is 40.2. The number of nitrogens with one attached hydrogen (secondary N) is 1. The van der Waals surface area contributed by atoms with Crippen LogP contribution < -0.4 is 5.32 Å². The summed E-state index contributed by atoms with van der Waals surface area (Å²) in [4.78, 5) is 27.8. The molecule has 0 radical (unpaired) electrons. The number of aromatic hydroxyl groups is 1. The molecule has 1 atom stereocenters. The lowest BCUT2D eigenvalue weighted by atomic mass is 10.1. The van der Waals surface area contributed by atoms with Crippen LogP contribution in [-0.4, -0.2) is 43.5 Å². The summed E-state index contributed by atoms with van der Waals surface area (Å²) in [6.45, 7) is 3.47. The third-order valence-corrected chi connectivity index (χ3v) is 6.81. The van der Waals surface area contributed by atoms with E-state index in [-0.39, 0.29) is 21.5 Å². The van der Waals surface area contributed by atoms with E-state index < -0.39 is 23.4 Å². The van der Waals surface area contributed by atoms with Gasteiger partial charge in [0, 0.05) is 23.0 Å². The first-order chi connectivity index (χ1) is 16.2. The number of hydrogen-bond donors (Lipinski definition) is 2. The number of carbonyl (C=O) groups is 1. The Morgan fingerprint density at radius 1 is 1.32 bits per heavy atom. The molecule has 1 amide bonds. The maximum Gasteiger partial charge on any atom is 0.419 e. The molecule has 0 spiro atoms. The molecule has 3 aromatic rings. The zero-order valence-corrected chi connectivity index (χ0v) is 19.6. The van der Waals surface area contributed by atoms with E-state index in [2.05, 4.69) is 32.1 Å². The SMILES string of the molecule is CC[C@@H]1CCCN1Cc1sc(NC(=O)c2cnc(Cl)cn2)nc1-c1ccc(O)c(C(F)(F)F)c1. The average molecular weight is 512 g/mol. The van der Waals surface area contributed by atoms with Crippen molar-refractivity contribution in [2.75, 3.05) is 11.9 Å². The predicted octanol–water partition coefficient (Wildman–Crippen LogP) is 5.60. The maximum atomic E-state index is 13.4. The standard InChI is InChI=1S/C22H21ClF3N5O2S/c1-2-13-4-3-7-31(13)11-17-19(12-5-6-16(32)14(8-12)22(24,25)26)29-21(34-17)30-20(33)15-9-28-18(23)10-27-15/h5-6,8-10,13,32H,2-4,7,11H2,1H3,(H,29,30,33)/t13-/m1/s1. The summed E-state index contributed by atoms with van der Waals surface area (Å²) in [5.74, 6) is -1.42. The molecule has 0 bridgehead atoms. The number of likely N-dealkylation sites (tertiary alicyclic amines) is 1. The van der Waals surface area contributed by atoms with Crippen molar-refractivity contribution >= 4 is 34.0 Å². The minimum absolute atomic E-state index is 0.0253. The number of phenolic OH excluding ortho intramolecular Hbond substituents is 1. The fraction of sp³-hybridized carbons (Fsp3) is 0.364. The molecule has 1 aromatic carbocycles. The molecule has 2 aromatic heterocycles. The van der Waals surface area contributed by atoms with Crippen molar-refractivity contribution in [1.29, 1.82) is 0 Å². The second-order valence-electron chi connectivity index (χ2n) is 7.87. The fourth-order valence-electron chi connectivity index (χ4n) is 3.99. The first-order valence-corrected chi connectivity index (χ1v) is 11.8. The average Bonchev–Trinajstić information content (AvgIpc) is 3.40. The van der Waals surface area contributed by atoms with E-state index in [1.54, 1.807) is 0 Å². The summed E-state index contributed by atoms with van der Waals surface area (Å²) in [5, 5.41) is 12.7. The number of carbonyl (C=O) groups excluding carboxylic acids is 1. The van der Waals surface area contributed by atoms with Crippen molar-refractivity contribution in [2.24, 2.45) is 0 Å². The largest absolute Gasteiger partial charge is 0.507 e. The van der Waals surface area contributed by atoms with E-state index in [0.29, 0.717) is 18.3 Å². The zero-order chi connectivity index (χ0) is 24.5. The molecule has 180 valence electrons. The molecule has 12 heteroatoms. The second-order valence-corrected chi connectivity index (χ2v) is 9.34. The molecule has 1 saturated heterocycles. The summed E-state index contributed by atoms with van der Waals surface area (Å²) in [7, 11) is 0. The Balaban J connectivity index is 1.70. The number of nitrogens with zero attached hydrogens (tertiary/aromatic N) is 4. The lowest BCUT2D eigenvalue weighted by molar-refractivity contribution is -0.138. The van der Waals surface area contributed by atoms with E-state index in [0.717, 1.165) is 42.8 Å². The molecule has 1 fully saturated rings. The molecule has 0 unspecified atom stereocenters. The Labute approximate surface area is 202 Å². The number of anilines is 1. The molecule has 1 aliphatic rings. The van der Waals surface area contributed by atoms with Crippen molar-refractivity contribution < 1.29 is 23.1 Å². The quantitative estimate of drug-likeness (QED) is 0.447. The number of rotatable bonds is 6. The number of benzene rings is 1. The van der Waals surface area contributed by atoms with Crippen molar-refractivity contribution in [2.45, 2.75) is 44.9 Å². The van der Waals surface area contributed by atoms with Gasteiger partial charge in [-0.05, 0) is 44.0 Å². The molecule has 0 aliphatic carbocycles. The Kier molecular flexibility index (Phi) is 7.06. The van der Waals surface area contributed by atoms with Crippen LogP contribution in [0.5, 0.6) is 5.75 Å². The van der Waals surface area contributed by atoms with E-state index in [1.807, 2.05) is 0 Å². The number of phenols is 1. The molecule has 3 heterocycles. The summed E-state index contributed by atoms with van der Waals surface area (Å²) >= 11 is 6.91. The number of aromatic nitrogens is 3. The van der Waals surface area contributed by atoms with Crippen molar-refractivity contribution in [3.05, 3.63) is 51.9 Å². The van der Waals surface area contributed by atoms with Crippen LogP contribution in [0.25, 0.3) is 11.3 Å². The Morgan fingerprint density at radius 2 is 2.12 bits per heavy atom. The highest BCUT2D eigenvalue weighted by Crippen LogP contribution is 2.40. The van der Waals surface area contributed by atoms with E-state index in [9.17, 15) is 23.1 Å². The van der Waals surface area contributed by atoms with Gasteiger partial charge < -0.3 is 5.11 Å². The van der Waals surface area contributed by atoms with Gasteiger partial charge in [0.05, 0.1) is 23.7 Å². The second kappa shape index (κ2) is 9.85. The van der Waals surface area contributed by atoms with Crippen LogP contribution in [-0.2, 0) is 12.7 Å². The monoisotopic (exact) mass is 511 g/mol. The van der Waals surface area contributed by atoms with Gasteiger partial charge in [-0.25, -0.2) is 15.0 Å². The van der Waals surface area contributed by atoms with Crippen LogP contribution in [0.2, 0.25) is 5.15 Å². The number of halogens is 4. The van der Waals surface area contributed by atoms with Gasteiger partial charge in [0.15, 0.2) is 5.13 Å². The molecular weight excluding hydrogens is 491 g/mol. The highest BCUT2D eigenvalue weighted by atomic mass is 35.5. The fourth-order valence-corrected chi connectivity index (χ4v) is 5.09. The zero-order valence-electron chi connectivity index (χ0n) is 18.1. The lowest BCUT2D eigenvalue weighted by Crippen LogP contribution is -2.28. The summed E-state index contributed by atoms with van der Waals surface area (Å²) in [5.41, 5.74) is -0.582. The number of alkyl halides is 3. The molecule has 1 aliphatic heterocycles. The Hall–Kier alpha value is -2.76. The topological polar surface area (TPSA) is 91.2 Å². The molecule has 2 N–H and O–H groups in total. The molecule has 34 heavy (non-hydrogen) atoms. The van der Waals surface area contributed by atoms with Crippen LogP contribution in [0, 0.1) is 0 Å². The Bertz CT molecular complexity index is 1190. The molecular formula is C22H21ClF3N5O2S. The van der Waals surface area contributed by atoms with E-state index in [1.165, 1.54) is 29.8 Å². The predicted molar refractivity (Wildman–Crippen MR) is 123 cm³/mol. The van der Waals surface area contributed by atoms with Gasteiger partial charge in [-0.15, -0.1) is 0 Å². The molecule has 0 saturated carbocycles. The van der Waals surface area contributed by atoms with Crippen LogP contribution in [0.3, 0.4) is 0 Å². The number of hydrogen-bond acceptors (Lipinski definition) is 7. The first kappa shape index (κ1) is 24.4. The van der Waals surface area contributed by atoms with Gasteiger partial charge >= 0.3 is 6.18 Å². The van der Waals surface area contributed by atoms with Crippen LogP contribution >= 0.6 is 22.9 Å².